The predicted molar refractivity (Wildman–Crippen MR) is 126 cm³/mol. The van der Waals surface area contributed by atoms with Crippen LogP contribution in [0.25, 0.3) is 0 Å². The Labute approximate surface area is 204 Å². The zero-order chi connectivity index (χ0) is 26.0. The second kappa shape index (κ2) is 9.85. The van der Waals surface area contributed by atoms with E-state index in [-0.39, 0.29) is 15.1 Å². The molecule has 1 aromatic heterocycles. The molecule has 35 heavy (non-hydrogen) atoms. The average Bonchev–Trinajstić information content (AvgIpc) is 3.21. The van der Waals surface area contributed by atoms with E-state index in [0.717, 1.165) is 11.3 Å². The van der Waals surface area contributed by atoms with Gasteiger partial charge in [0.15, 0.2) is 10.8 Å². The van der Waals surface area contributed by atoms with Crippen molar-refractivity contribution in [3.05, 3.63) is 41.4 Å². The summed E-state index contributed by atoms with van der Waals surface area (Å²) in [4.78, 5) is 46.9. The van der Waals surface area contributed by atoms with Crippen LogP contribution in [0.2, 0.25) is 0 Å². The van der Waals surface area contributed by atoms with E-state index in [9.17, 15) is 22.8 Å². The van der Waals surface area contributed by atoms with Gasteiger partial charge in [0.25, 0.3) is 17.7 Å². The molecule has 1 saturated heterocycles. The Kier molecular flexibility index (Phi) is 7.27. The third kappa shape index (κ3) is 5.84. The molecule has 2 aromatic rings. The molecule has 0 unspecified atom stereocenters. The van der Waals surface area contributed by atoms with Crippen LogP contribution in [0.15, 0.2) is 40.9 Å². The Balaban J connectivity index is 1.74. The van der Waals surface area contributed by atoms with Crippen molar-refractivity contribution in [3.8, 4) is 0 Å². The first-order valence-electron chi connectivity index (χ1n) is 10.0. The molecule has 1 aliphatic rings. The number of nitrogens with two attached hydrogens (primary N) is 1. The highest BCUT2D eigenvalue weighted by Gasteiger charge is 2.51. The number of nitrogens with zero attached hydrogens (tertiary/aromatic N) is 3. The van der Waals surface area contributed by atoms with E-state index in [0.29, 0.717) is 5.69 Å². The van der Waals surface area contributed by atoms with Crippen LogP contribution in [0.5, 0.6) is 0 Å². The highest BCUT2D eigenvalue weighted by Crippen LogP contribution is 2.23. The molecule has 2 atom stereocenters. The normalized spacial score (nSPS) is 18.5. The molecular formula is C19H23N7O7S2. The Morgan fingerprint density at radius 2 is 1.94 bits per heavy atom. The lowest BCUT2D eigenvalue weighted by molar-refractivity contribution is -0.144. The summed E-state index contributed by atoms with van der Waals surface area (Å²) < 4.78 is 31.9. The summed E-state index contributed by atoms with van der Waals surface area (Å²) in [7, 11) is -4.77. The van der Waals surface area contributed by atoms with Gasteiger partial charge < -0.3 is 15.9 Å². The number of nitrogens with one attached hydrogen (secondary N) is 3. The molecule has 3 amide bonds. The molecular weight excluding hydrogens is 502 g/mol. The van der Waals surface area contributed by atoms with E-state index in [2.05, 4.69) is 26.3 Å². The van der Waals surface area contributed by atoms with Crippen LogP contribution < -0.4 is 21.9 Å². The number of benzene rings is 1. The molecule has 0 saturated carbocycles. The molecule has 188 valence electrons. The molecule has 0 bridgehead atoms. The van der Waals surface area contributed by atoms with Crippen LogP contribution in [-0.2, 0) is 29.5 Å². The number of para-hydroxylation sites is 1. The summed E-state index contributed by atoms with van der Waals surface area (Å²) in [6, 6.07) is 6.51. The average molecular weight is 526 g/mol. The minimum atomic E-state index is -4.77. The summed E-state index contributed by atoms with van der Waals surface area (Å²) >= 11 is 1.01. The zero-order valence-electron chi connectivity index (χ0n) is 18.8. The first kappa shape index (κ1) is 25.9. The molecule has 0 radical (unpaired) electrons. The van der Waals surface area contributed by atoms with Crippen LogP contribution in [0.4, 0.5) is 10.8 Å². The number of amides is 3. The molecule has 1 aliphatic heterocycles. The SMILES string of the molecule is C[C@H]1[C@H](NC(=O)/C(=N\OC(C)(C)C(=O)NNc2ccccc2)c2csc(N)n2)C(=O)N1S(=O)(=O)O. The number of hydrogen-bond donors (Lipinski definition) is 5. The summed E-state index contributed by atoms with van der Waals surface area (Å²) in [5.74, 6) is -2.58. The third-order valence-electron chi connectivity index (χ3n) is 4.86. The number of rotatable bonds is 9. The number of thiazole rings is 1. The standard InChI is InChI=1S/C19H23N7O7S2/c1-10-13(16(28)26(10)35(30,31)32)22-15(27)14(12-9-34-18(20)21-12)25-33-19(2,3)17(29)24-23-11-7-5-4-6-8-11/h4-10,13,23H,1-3H3,(H2,20,21)(H,22,27)(H,24,29)(H,30,31,32)/b25-14-/t10-,13-/m0/s1. The topological polar surface area (TPSA) is 205 Å². The fraction of sp³-hybridized carbons (Fsp3) is 0.316. The van der Waals surface area contributed by atoms with Gasteiger partial charge in [0.05, 0.1) is 11.7 Å². The maximum absolute atomic E-state index is 12.9. The van der Waals surface area contributed by atoms with Crippen LogP contribution in [0.1, 0.15) is 26.5 Å². The van der Waals surface area contributed by atoms with Gasteiger partial charge >= 0.3 is 10.3 Å². The molecule has 16 heteroatoms. The maximum Gasteiger partial charge on any atom is 0.362 e. The van der Waals surface area contributed by atoms with Gasteiger partial charge in [-0.15, -0.1) is 11.3 Å². The van der Waals surface area contributed by atoms with Crippen LogP contribution in [0.3, 0.4) is 0 Å². The summed E-state index contributed by atoms with van der Waals surface area (Å²) in [5.41, 5.74) is 9.50. The Hall–Kier alpha value is -3.76. The van der Waals surface area contributed by atoms with Gasteiger partial charge in [-0.05, 0) is 32.9 Å². The first-order valence-corrected chi connectivity index (χ1v) is 12.3. The van der Waals surface area contributed by atoms with Crippen LogP contribution in [-0.4, -0.2) is 63.4 Å². The van der Waals surface area contributed by atoms with Gasteiger partial charge in [-0.2, -0.15) is 8.42 Å². The monoisotopic (exact) mass is 525 g/mol. The molecule has 1 fully saturated rings. The van der Waals surface area contributed by atoms with Gasteiger partial charge in [0.1, 0.15) is 11.7 Å². The number of hydrazine groups is 1. The van der Waals surface area contributed by atoms with E-state index in [1.807, 2.05) is 6.07 Å². The number of anilines is 2. The minimum absolute atomic E-state index is 0.00896. The molecule has 1 aromatic carbocycles. The van der Waals surface area contributed by atoms with Gasteiger partial charge in [-0.3, -0.25) is 29.8 Å². The lowest BCUT2D eigenvalue weighted by Crippen LogP contribution is -2.71. The molecule has 6 N–H and O–H groups in total. The highest BCUT2D eigenvalue weighted by atomic mass is 32.2. The van der Waals surface area contributed by atoms with Crippen molar-refractivity contribution in [2.75, 3.05) is 11.2 Å². The van der Waals surface area contributed by atoms with Crippen molar-refractivity contribution in [2.45, 2.75) is 38.5 Å². The highest BCUT2D eigenvalue weighted by molar-refractivity contribution is 7.84. The third-order valence-corrected chi connectivity index (χ3v) is 6.54. The second-order valence-corrected chi connectivity index (χ2v) is 10.0. The lowest BCUT2D eigenvalue weighted by Gasteiger charge is -2.42. The van der Waals surface area contributed by atoms with Crippen molar-refractivity contribution in [1.82, 2.24) is 20.0 Å². The second-order valence-electron chi connectivity index (χ2n) is 7.86. The van der Waals surface area contributed by atoms with Crippen molar-refractivity contribution in [3.63, 3.8) is 0 Å². The summed E-state index contributed by atoms with van der Waals surface area (Å²) in [6.45, 7) is 4.14. The van der Waals surface area contributed by atoms with E-state index < -0.39 is 51.4 Å². The van der Waals surface area contributed by atoms with Crippen molar-refractivity contribution in [1.29, 1.82) is 0 Å². The van der Waals surface area contributed by atoms with E-state index >= 15 is 0 Å². The van der Waals surface area contributed by atoms with E-state index in [1.54, 1.807) is 24.3 Å². The Morgan fingerprint density at radius 1 is 1.29 bits per heavy atom. The van der Waals surface area contributed by atoms with Crippen LogP contribution in [0, 0.1) is 0 Å². The Morgan fingerprint density at radius 3 is 2.49 bits per heavy atom. The van der Waals surface area contributed by atoms with Crippen LogP contribution >= 0.6 is 11.3 Å². The van der Waals surface area contributed by atoms with Gasteiger partial charge in [0, 0.05) is 5.38 Å². The van der Waals surface area contributed by atoms with Gasteiger partial charge in [-0.25, -0.2) is 9.29 Å². The number of oxime groups is 1. The quantitative estimate of drug-likeness (QED) is 0.127. The molecule has 0 aliphatic carbocycles. The number of hydrogen-bond acceptors (Lipinski definition) is 11. The van der Waals surface area contributed by atoms with E-state index in [4.69, 9.17) is 15.1 Å². The number of aromatic nitrogens is 1. The maximum atomic E-state index is 12.9. The van der Waals surface area contributed by atoms with E-state index in [1.165, 1.54) is 26.2 Å². The smallest absolute Gasteiger partial charge is 0.362 e. The fourth-order valence-corrected chi connectivity index (χ4v) is 4.35. The van der Waals surface area contributed by atoms with Crippen molar-refractivity contribution < 1.29 is 32.2 Å². The Bertz CT molecular complexity index is 1260. The molecule has 2 heterocycles. The molecule has 0 spiro atoms. The number of carbonyl (C=O) groups is 3. The molecule has 14 nitrogen and oxygen atoms in total. The van der Waals surface area contributed by atoms with Gasteiger partial charge in [0.2, 0.25) is 5.60 Å². The number of β-lactam (4-membered cyclic amide) rings is 1. The predicted octanol–water partition coefficient (Wildman–Crippen LogP) is -0.114. The first-order chi connectivity index (χ1) is 16.3. The number of carbonyl (C=O) groups excluding carboxylic acids is 3. The number of nitrogen functional groups attached to an aromatic ring is 1. The fourth-order valence-electron chi connectivity index (χ4n) is 2.92. The zero-order valence-corrected chi connectivity index (χ0v) is 20.4. The van der Waals surface area contributed by atoms with Gasteiger partial charge in [-0.1, -0.05) is 23.4 Å². The largest absolute Gasteiger partial charge is 0.379 e. The van der Waals surface area contributed by atoms with Crippen molar-refractivity contribution >= 4 is 55.9 Å². The lowest BCUT2D eigenvalue weighted by atomic mass is 10.0. The summed E-state index contributed by atoms with van der Waals surface area (Å²) in [6.07, 6.45) is 0. The minimum Gasteiger partial charge on any atom is -0.379 e. The van der Waals surface area contributed by atoms with Crippen molar-refractivity contribution in [2.24, 2.45) is 5.16 Å². The molecule has 3 rings (SSSR count). The summed E-state index contributed by atoms with van der Waals surface area (Å²) in [5, 5.41) is 7.66.